The second kappa shape index (κ2) is 4.92. The van der Waals surface area contributed by atoms with Crippen molar-refractivity contribution in [1.82, 2.24) is 0 Å². The van der Waals surface area contributed by atoms with Gasteiger partial charge in [0.25, 0.3) is 0 Å². The third-order valence-electron chi connectivity index (χ3n) is 3.46. The van der Waals surface area contributed by atoms with E-state index in [4.69, 9.17) is 4.74 Å². The van der Waals surface area contributed by atoms with Crippen molar-refractivity contribution in [2.24, 2.45) is 0 Å². The van der Waals surface area contributed by atoms with Crippen molar-refractivity contribution < 1.29 is 9.13 Å². The fraction of sp³-hybridized carbons (Fsp3) is 0.250. The van der Waals surface area contributed by atoms with Crippen molar-refractivity contribution >= 4 is 5.69 Å². The molecule has 3 rings (SSSR count). The zero-order chi connectivity index (χ0) is 13.2. The summed E-state index contributed by atoms with van der Waals surface area (Å²) in [4.78, 5) is 0. The fourth-order valence-electron chi connectivity index (χ4n) is 2.37. The smallest absolute Gasteiger partial charge is 0.146 e. The van der Waals surface area contributed by atoms with E-state index in [-0.39, 0.29) is 11.9 Å². The highest BCUT2D eigenvalue weighted by Gasteiger charge is 2.15. The van der Waals surface area contributed by atoms with Gasteiger partial charge in [0.15, 0.2) is 0 Å². The number of nitrogens with one attached hydrogen (secondary N) is 1. The summed E-state index contributed by atoms with van der Waals surface area (Å²) < 4.78 is 19.1. The van der Waals surface area contributed by atoms with E-state index in [0.29, 0.717) is 5.69 Å². The van der Waals surface area contributed by atoms with Crippen LogP contribution in [-0.4, -0.2) is 6.61 Å². The first kappa shape index (κ1) is 12.0. The van der Waals surface area contributed by atoms with E-state index in [9.17, 15) is 4.39 Å². The summed E-state index contributed by atoms with van der Waals surface area (Å²) in [5.41, 5.74) is 2.92. The minimum absolute atomic E-state index is 0.0581. The Balaban J connectivity index is 1.81. The highest BCUT2D eigenvalue weighted by molar-refractivity contribution is 5.48. The molecule has 0 radical (unpaired) electrons. The van der Waals surface area contributed by atoms with Crippen LogP contribution in [0, 0.1) is 5.82 Å². The second-order valence-corrected chi connectivity index (χ2v) is 4.81. The van der Waals surface area contributed by atoms with E-state index in [1.54, 1.807) is 12.1 Å². The predicted octanol–water partition coefficient (Wildman–Crippen LogP) is 3.93. The zero-order valence-corrected chi connectivity index (χ0v) is 10.8. The number of anilines is 1. The third kappa shape index (κ3) is 2.41. The maximum Gasteiger partial charge on any atom is 0.146 e. The molecule has 3 heteroatoms. The molecule has 0 fully saturated rings. The van der Waals surface area contributed by atoms with Crippen LogP contribution in [0.3, 0.4) is 0 Å². The number of ether oxygens (including phenoxy) is 1. The van der Waals surface area contributed by atoms with E-state index in [2.05, 4.69) is 11.4 Å². The highest BCUT2D eigenvalue weighted by atomic mass is 19.1. The van der Waals surface area contributed by atoms with Gasteiger partial charge >= 0.3 is 0 Å². The molecule has 1 aliphatic heterocycles. The molecule has 1 N–H and O–H groups in total. The van der Waals surface area contributed by atoms with Gasteiger partial charge < -0.3 is 10.1 Å². The van der Waals surface area contributed by atoms with Crippen LogP contribution in [0.2, 0.25) is 0 Å². The van der Waals surface area contributed by atoms with Gasteiger partial charge in [-0.25, -0.2) is 4.39 Å². The summed E-state index contributed by atoms with van der Waals surface area (Å²) in [6.45, 7) is 2.79. The second-order valence-electron chi connectivity index (χ2n) is 4.81. The Labute approximate surface area is 112 Å². The molecule has 2 nitrogen and oxygen atoms in total. The number of hydrogen-bond acceptors (Lipinski definition) is 2. The summed E-state index contributed by atoms with van der Waals surface area (Å²) in [6.07, 6.45) is 0.954. The van der Waals surface area contributed by atoms with Crippen LogP contribution in [0.5, 0.6) is 5.75 Å². The molecule has 1 heterocycles. The normalized spacial score (nSPS) is 14.6. The van der Waals surface area contributed by atoms with E-state index >= 15 is 0 Å². The first-order chi connectivity index (χ1) is 9.24. The summed E-state index contributed by atoms with van der Waals surface area (Å²) in [5, 5.41) is 3.20. The van der Waals surface area contributed by atoms with Crippen molar-refractivity contribution in [3.63, 3.8) is 0 Å². The lowest BCUT2D eigenvalue weighted by molar-refractivity contribution is 0.357. The molecule has 1 unspecified atom stereocenters. The number of hydrogen-bond donors (Lipinski definition) is 1. The van der Waals surface area contributed by atoms with Gasteiger partial charge in [-0.1, -0.05) is 18.2 Å². The monoisotopic (exact) mass is 257 g/mol. The molecule has 0 aliphatic carbocycles. The molecule has 1 atom stereocenters. The minimum atomic E-state index is -0.223. The minimum Gasteiger partial charge on any atom is -0.493 e. The van der Waals surface area contributed by atoms with E-state index in [1.165, 1.54) is 11.6 Å². The first-order valence-corrected chi connectivity index (χ1v) is 6.51. The molecule has 1 aliphatic rings. The molecule has 0 aromatic heterocycles. The molecule has 0 amide bonds. The topological polar surface area (TPSA) is 21.3 Å². The molecule has 19 heavy (non-hydrogen) atoms. The molecule has 0 spiro atoms. The Bertz CT molecular complexity index is 597. The van der Waals surface area contributed by atoms with E-state index in [0.717, 1.165) is 24.3 Å². The van der Waals surface area contributed by atoms with Gasteiger partial charge in [-0.05, 0) is 42.3 Å². The average Bonchev–Trinajstić information content (AvgIpc) is 2.88. The summed E-state index contributed by atoms with van der Waals surface area (Å²) in [7, 11) is 0. The highest BCUT2D eigenvalue weighted by Crippen LogP contribution is 2.29. The van der Waals surface area contributed by atoms with Gasteiger partial charge in [-0.3, -0.25) is 0 Å². The molecule has 2 aromatic carbocycles. The summed E-state index contributed by atoms with van der Waals surface area (Å²) in [5.74, 6) is 0.751. The Morgan fingerprint density at radius 1 is 1.21 bits per heavy atom. The van der Waals surface area contributed by atoms with Crippen LogP contribution in [0.25, 0.3) is 0 Å². The van der Waals surface area contributed by atoms with E-state index < -0.39 is 0 Å². The zero-order valence-electron chi connectivity index (χ0n) is 10.8. The number of rotatable bonds is 3. The van der Waals surface area contributed by atoms with Crippen LogP contribution in [0.15, 0.2) is 42.5 Å². The quantitative estimate of drug-likeness (QED) is 0.899. The van der Waals surface area contributed by atoms with Crippen molar-refractivity contribution in [3.05, 3.63) is 59.4 Å². The number of fused-ring (bicyclic) bond motifs is 1. The van der Waals surface area contributed by atoms with Crippen molar-refractivity contribution in [2.75, 3.05) is 11.9 Å². The standard InChI is InChI=1S/C16H16FNO/c1-11(18-15-5-3-2-4-14(15)17)12-6-7-16-13(10-12)8-9-19-16/h2-7,10-11,18H,8-9H2,1H3. The van der Waals surface area contributed by atoms with Crippen molar-refractivity contribution in [2.45, 2.75) is 19.4 Å². The molecule has 0 saturated heterocycles. The van der Waals surface area contributed by atoms with Gasteiger partial charge in [0.05, 0.1) is 12.3 Å². The van der Waals surface area contributed by atoms with Crippen molar-refractivity contribution in [1.29, 1.82) is 0 Å². The third-order valence-corrected chi connectivity index (χ3v) is 3.46. The first-order valence-electron chi connectivity index (χ1n) is 6.51. The van der Waals surface area contributed by atoms with Gasteiger partial charge in [0.2, 0.25) is 0 Å². The van der Waals surface area contributed by atoms with Gasteiger partial charge in [-0.2, -0.15) is 0 Å². The van der Waals surface area contributed by atoms with Crippen LogP contribution in [0.1, 0.15) is 24.1 Å². The van der Waals surface area contributed by atoms with Gasteiger partial charge in [0.1, 0.15) is 11.6 Å². The summed E-state index contributed by atoms with van der Waals surface area (Å²) in [6, 6.07) is 13.0. The Hall–Kier alpha value is -2.03. The lowest BCUT2D eigenvalue weighted by Gasteiger charge is -2.17. The SMILES string of the molecule is CC(Nc1ccccc1F)c1ccc2c(c1)CCO2. The fourth-order valence-corrected chi connectivity index (χ4v) is 2.37. The Kier molecular flexibility index (Phi) is 3.11. The van der Waals surface area contributed by atoms with Gasteiger partial charge in [-0.15, -0.1) is 0 Å². The van der Waals surface area contributed by atoms with Crippen LogP contribution in [0.4, 0.5) is 10.1 Å². The maximum absolute atomic E-state index is 13.6. The van der Waals surface area contributed by atoms with Crippen molar-refractivity contribution in [3.8, 4) is 5.75 Å². The summed E-state index contributed by atoms with van der Waals surface area (Å²) >= 11 is 0. The lowest BCUT2D eigenvalue weighted by Crippen LogP contribution is -2.08. The number of para-hydroxylation sites is 1. The van der Waals surface area contributed by atoms with E-state index in [1.807, 2.05) is 25.1 Å². The largest absolute Gasteiger partial charge is 0.493 e. The maximum atomic E-state index is 13.6. The predicted molar refractivity (Wildman–Crippen MR) is 74.1 cm³/mol. The average molecular weight is 257 g/mol. The number of benzene rings is 2. The lowest BCUT2D eigenvalue weighted by atomic mass is 10.0. The Morgan fingerprint density at radius 3 is 2.89 bits per heavy atom. The van der Waals surface area contributed by atoms with Crippen LogP contribution < -0.4 is 10.1 Å². The van der Waals surface area contributed by atoms with Gasteiger partial charge in [0, 0.05) is 12.5 Å². The molecular weight excluding hydrogens is 241 g/mol. The molecule has 98 valence electrons. The number of halogens is 1. The van der Waals surface area contributed by atoms with Crippen LogP contribution in [-0.2, 0) is 6.42 Å². The molecule has 0 bridgehead atoms. The molecular formula is C16H16FNO. The Morgan fingerprint density at radius 2 is 2.05 bits per heavy atom. The van der Waals surface area contributed by atoms with Crippen LogP contribution >= 0.6 is 0 Å². The molecule has 0 saturated carbocycles. The molecule has 2 aromatic rings.